The maximum Gasteiger partial charge on any atom is 0.0423 e. The fraction of sp³-hybridized carbons (Fsp3) is 0.667. The first-order chi connectivity index (χ1) is 9.93. The van der Waals surface area contributed by atoms with E-state index in [1.54, 1.807) is 0 Å². The molecule has 0 unspecified atom stereocenters. The van der Waals surface area contributed by atoms with E-state index in [1.165, 1.54) is 48.1 Å². The molecule has 0 amide bonds. The van der Waals surface area contributed by atoms with Gasteiger partial charge in [-0.3, -0.25) is 0 Å². The second kappa shape index (κ2) is 7.15. The van der Waals surface area contributed by atoms with Crippen LogP contribution < -0.4 is 10.2 Å². The van der Waals surface area contributed by atoms with Crippen molar-refractivity contribution in [2.75, 3.05) is 18.0 Å². The monoisotopic (exact) mass is 352 g/mol. The summed E-state index contributed by atoms with van der Waals surface area (Å²) in [7, 11) is 0. The molecule has 0 spiro atoms. The van der Waals surface area contributed by atoms with E-state index in [0.29, 0.717) is 11.5 Å². The van der Waals surface area contributed by atoms with E-state index in [1.807, 2.05) is 0 Å². The van der Waals surface area contributed by atoms with Crippen LogP contribution >= 0.6 is 15.9 Å². The average molecular weight is 353 g/mol. The van der Waals surface area contributed by atoms with Gasteiger partial charge in [0.05, 0.1) is 0 Å². The average Bonchev–Trinajstić information content (AvgIpc) is 2.46. The summed E-state index contributed by atoms with van der Waals surface area (Å²) in [5.74, 6) is 0. The van der Waals surface area contributed by atoms with Crippen LogP contribution in [-0.4, -0.2) is 19.1 Å². The van der Waals surface area contributed by atoms with E-state index in [9.17, 15) is 0 Å². The predicted octanol–water partition coefficient (Wildman–Crippen LogP) is 4.96. The number of hydrogen-bond acceptors (Lipinski definition) is 2. The molecule has 0 radical (unpaired) electrons. The van der Waals surface area contributed by atoms with Crippen LogP contribution in [-0.2, 0) is 6.54 Å². The van der Waals surface area contributed by atoms with Crippen molar-refractivity contribution in [2.45, 2.75) is 59.5 Å². The Hall–Kier alpha value is -0.540. The van der Waals surface area contributed by atoms with Gasteiger partial charge < -0.3 is 10.2 Å². The summed E-state index contributed by atoms with van der Waals surface area (Å²) in [4.78, 5) is 2.57. The fourth-order valence-electron chi connectivity index (χ4n) is 2.94. The Balaban J connectivity index is 2.13. The van der Waals surface area contributed by atoms with Gasteiger partial charge in [0.15, 0.2) is 0 Å². The Morgan fingerprint density at radius 3 is 2.52 bits per heavy atom. The predicted molar refractivity (Wildman–Crippen MR) is 96.0 cm³/mol. The molecule has 1 aliphatic heterocycles. The molecule has 3 heteroatoms. The Bertz CT molecular complexity index is 462. The van der Waals surface area contributed by atoms with E-state index in [2.05, 4.69) is 72.0 Å². The smallest absolute Gasteiger partial charge is 0.0423 e. The molecular formula is C18H29BrN2. The second-order valence-corrected chi connectivity index (χ2v) is 7.88. The minimum Gasteiger partial charge on any atom is -0.371 e. The Labute approximate surface area is 138 Å². The molecule has 1 heterocycles. The molecule has 1 aliphatic rings. The van der Waals surface area contributed by atoms with Gasteiger partial charge in [-0.15, -0.1) is 0 Å². The van der Waals surface area contributed by atoms with Crippen molar-refractivity contribution >= 4 is 21.6 Å². The normalized spacial score (nSPS) is 18.3. The third kappa shape index (κ3) is 4.46. The van der Waals surface area contributed by atoms with Gasteiger partial charge in [-0.25, -0.2) is 0 Å². The highest BCUT2D eigenvalue weighted by Gasteiger charge is 2.29. The Morgan fingerprint density at radius 1 is 1.29 bits per heavy atom. The van der Waals surface area contributed by atoms with E-state index < -0.39 is 0 Å². The number of nitrogens with one attached hydrogen (secondary N) is 1. The standard InChI is InChI=1S/C18H29BrN2/c1-5-18(4)8-10-21(11-9-18)17-12-16(19)7-6-15(17)13-20-14(2)3/h6-7,12,14,20H,5,8-11,13H2,1-4H3. The first kappa shape index (κ1) is 16.8. The lowest BCUT2D eigenvalue weighted by Gasteiger charge is -2.40. The fourth-order valence-corrected chi connectivity index (χ4v) is 3.28. The zero-order valence-electron chi connectivity index (χ0n) is 13.9. The van der Waals surface area contributed by atoms with Crippen molar-refractivity contribution in [1.29, 1.82) is 0 Å². The Morgan fingerprint density at radius 2 is 1.95 bits per heavy atom. The molecule has 1 saturated heterocycles. The third-order valence-corrected chi connectivity index (χ3v) is 5.41. The molecule has 0 bridgehead atoms. The van der Waals surface area contributed by atoms with Gasteiger partial charge in [0, 0.05) is 35.8 Å². The summed E-state index contributed by atoms with van der Waals surface area (Å²) in [6.07, 6.45) is 3.89. The number of halogens is 1. The molecule has 2 nitrogen and oxygen atoms in total. The number of rotatable bonds is 5. The zero-order chi connectivity index (χ0) is 15.5. The first-order valence-electron chi connectivity index (χ1n) is 8.20. The SMILES string of the molecule is CCC1(C)CCN(c2cc(Br)ccc2CNC(C)C)CC1. The van der Waals surface area contributed by atoms with Crippen LogP contribution in [0.4, 0.5) is 5.69 Å². The van der Waals surface area contributed by atoms with Crippen molar-refractivity contribution in [3.8, 4) is 0 Å². The Kier molecular flexibility index (Phi) is 5.73. The summed E-state index contributed by atoms with van der Waals surface area (Å²) in [5.41, 5.74) is 3.35. The number of anilines is 1. The highest BCUT2D eigenvalue weighted by molar-refractivity contribution is 9.10. The molecule has 21 heavy (non-hydrogen) atoms. The molecule has 0 atom stereocenters. The lowest BCUT2D eigenvalue weighted by molar-refractivity contribution is 0.238. The van der Waals surface area contributed by atoms with Gasteiger partial charge in [0.2, 0.25) is 0 Å². The quantitative estimate of drug-likeness (QED) is 0.805. The summed E-state index contributed by atoms with van der Waals surface area (Å²) < 4.78 is 1.18. The minimum absolute atomic E-state index is 0.520. The number of nitrogens with zero attached hydrogens (tertiary/aromatic N) is 1. The van der Waals surface area contributed by atoms with Crippen LogP contribution in [0.25, 0.3) is 0 Å². The molecule has 1 N–H and O–H groups in total. The van der Waals surface area contributed by atoms with Gasteiger partial charge in [-0.2, -0.15) is 0 Å². The van der Waals surface area contributed by atoms with Crippen LogP contribution in [0.15, 0.2) is 22.7 Å². The highest BCUT2D eigenvalue weighted by atomic mass is 79.9. The van der Waals surface area contributed by atoms with Crippen LogP contribution in [0.2, 0.25) is 0 Å². The van der Waals surface area contributed by atoms with Crippen LogP contribution in [0, 0.1) is 5.41 Å². The summed E-state index contributed by atoms with van der Waals surface area (Å²) >= 11 is 3.63. The lowest BCUT2D eigenvalue weighted by atomic mass is 9.78. The molecular weight excluding hydrogens is 324 g/mol. The van der Waals surface area contributed by atoms with Gasteiger partial charge in [0.1, 0.15) is 0 Å². The van der Waals surface area contributed by atoms with E-state index in [4.69, 9.17) is 0 Å². The second-order valence-electron chi connectivity index (χ2n) is 6.96. The number of piperidine rings is 1. The van der Waals surface area contributed by atoms with Gasteiger partial charge in [0.25, 0.3) is 0 Å². The van der Waals surface area contributed by atoms with Crippen molar-refractivity contribution in [1.82, 2.24) is 5.32 Å². The van der Waals surface area contributed by atoms with E-state index in [0.717, 1.165) is 6.54 Å². The molecule has 0 aromatic heterocycles. The molecule has 1 aromatic rings. The molecule has 2 rings (SSSR count). The van der Waals surface area contributed by atoms with Gasteiger partial charge >= 0.3 is 0 Å². The van der Waals surface area contributed by atoms with Crippen LogP contribution in [0.5, 0.6) is 0 Å². The maximum atomic E-state index is 3.63. The minimum atomic E-state index is 0.520. The van der Waals surface area contributed by atoms with Gasteiger partial charge in [-0.05, 0) is 36.0 Å². The summed E-state index contributed by atoms with van der Waals surface area (Å²) in [5, 5.41) is 3.55. The molecule has 0 aliphatic carbocycles. The summed E-state index contributed by atoms with van der Waals surface area (Å²) in [6, 6.07) is 7.21. The highest BCUT2D eigenvalue weighted by Crippen LogP contribution is 2.37. The number of hydrogen-bond donors (Lipinski definition) is 1. The number of benzene rings is 1. The van der Waals surface area contributed by atoms with Crippen molar-refractivity contribution in [3.05, 3.63) is 28.2 Å². The van der Waals surface area contributed by atoms with Crippen molar-refractivity contribution in [3.63, 3.8) is 0 Å². The maximum absolute atomic E-state index is 3.63. The lowest BCUT2D eigenvalue weighted by Crippen LogP contribution is -2.39. The van der Waals surface area contributed by atoms with Crippen LogP contribution in [0.3, 0.4) is 0 Å². The first-order valence-corrected chi connectivity index (χ1v) is 8.99. The van der Waals surface area contributed by atoms with Gasteiger partial charge in [-0.1, -0.05) is 56.1 Å². The van der Waals surface area contributed by atoms with Crippen molar-refractivity contribution in [2.24, 2.45) is 5.41 Å². The largest absolute Gasteiger partial charge is 0.371 e. The van der Waals surface area contributed by atoms with Crippen LogP contribution in [0.1, 0.15) is 52.5 Å². The zero-order valence-corrected chi connectivity index (χ0v) is 15.5. The topological polar surface area (TPSA) is 15.3 Å². The van der Waals surface area contributed by atoms with E-state index >= 15 is 0 Å². The third-order valence-electron chi connectivity index (χ3n) is 4.91. The van der Waals surface area contributed by atoms with E-state index in [-0.39, 0.29) is 0 Å². The molecule has 1 fully saturated rings. The molecule has 1 aromatic carbocycles. The summed E-state index contributed by atoms with van der Waals surface area (Å²) in [6.45, 7) is 12.5. The molecule has 118 valence electrons. The molecule has 0 saturated carbocycles. The van der Waals surface area contributed by atoms with Crippen molar-refractivity contribution < 1.29 is 0 Å².